The second-order valence-corrected chi connectivity index (χ2v) is 2.61. The van der Waals surface area contributed by atoms with Gasteiger partial charge in [0.15, 0.2) is 6.10 Å². The summed E-state index contributed by atoms with van der Waals surface area (Å²) in [6, 6.07) is 0. The molecule has 1 saturated heterocycles. The van der Waals surface area contributed by atoms with Crippen molar-refractivity contribution in [3.63, 3.8) is 0 Å². The fourth-order valence-corrected chi connectivity index (χ4v) is 1.14. The summed E-state index contributed by atoms with van der Waals surface area (Å²) in [5.74, 6) is 0. The molecule has 0 aliphatic carbocycles. The van der Waals surface area contributed by atoms with Crippen LogP contribution in [-0.4, -0.2) is 46.3 Å². The van der Waals surface area contributed by atoms with Crippen molar-refractivity contribution in [3.8, 4) is 0 Å². The highest BCUT2D eigenvalue weighted by molar-refractivity contribution is 4.91. The molecule has 0 bridgehead atoms. The van der Waals surface area contributed by atoms with Gasteiger partial charge in [-0.25, -0.2) is 0 Å². The normalized spacial score (nSPS) is 39.0. The number of rotatable bonds is 3. The Morgan fingerprint density at radius 2 is 2.31 bits per heavy atom. The average molecular weight is 191 g/mol. The Kier molecular flexibility index (Phi) is 3.02. The van der Waals surface area contributed by atoms with Crippen LogP contribution in [0.25, 0.3) is 0 Å². The Hall–Kier alpha value is -0.920. The van der Waals surface area contributed by atoms with Gasteiger partial charge in [-0.05, 0) is 6.92 Å². The van der Waals surface area contributed by atoms with E-state index in [0.29, 0.717) is 0 Å². The Morgan fingerprint density at radius 3 is 2.69 bits per heavy atom. The molecule has 1 unspecified atom stereocenters. The standard InChI is InChI=1S/C6H9NO6/c1-3-6(13-7(10)11)5(9)4(2-8)12-3/h1,3-6,8-9H,2H2/t3-,4+,5-,6?/m0/s1. The van der Waals surface area contributed by atoms with Gasteiger partial charge >= 0.3 is 0 Å². The third-order valence-electron chi connectivity index (χ3n) is 1.76. The van der Waals surface area contributed by atoms with E-state index in [9.17, 15) is 15.2 Å². The summed E-state index contributed by atoms with van der Waals surface area (Å²) in [6.07, 6.45) is -4.56. The lowest BCUT2D eigenvalue weighted by molar-refractivity contribution is -0.770. The number of ether oxygens (including phenoxy) is 1. The number of hydrogen-bond donors (Lipinski definition) is 2. The topological polar surface area (TPSA) is 102 Å². The molecule has 7 heteroatoms. The van der Waals surface area contributed by atoms with Crippen LogP contribution in [0.15, 0.2) is 0 Å². The third kappa shape index (κ3) is 2.06. The van der Waals surface area contributed by atoms with E-state index < -0.39 is 36.1 Å². The summed E-state index contributed by atoms with van der Waals surface area (Å²) in [5.41, 5.74) is 0. The number of aliphatic hydroxyl groups is 2. The largest absolute Gasteiger partial charge is 0.394 e. The smallest absolute Gasteiger partial charge is 0.294 e. The second kappa shape index (κ2) is 3.86. The predicted molar refractivity (Wildman–Crippen MR) is 37.9 cm³/mol. The van der Waals surface area contributed by atoms with Crippen LogP contribution in [0.5, 0.6) is 0 Å². The highest BCUT2D eigenvalue weighted by Gasteiger charge is 2.43. The van der Waals surface area contributed by atoms with Crippen molar-refractivity contribution in [1.29, 1.82) is 0 Å². The van der Waals surface area contributed by atoms with Crippen LogP contribution in [-0.2, 0) is 9.57 Å². The molecule has 7 nitrogen and oxygen atoms in total. The van der Waals surface area contributed by atoms with E-state index in [1.807, 2.05) is 0 Å². The van der Waals surface area contributed by atoms with Gasteiger partial charge in [0.25, 0.3) is 5.09 Å². The van der Waals surface area contributed by atoms with Gasteiger partial charge in [0, 0.05) is 0 Å². The monoisotopic (exact) mass is 191 g/mol. The van der Waals surface area contributed by atoms with Crippen molar-refractivity contribution in [3.05, 3.63) is 17.0 Å². The molecule has 13 heavy (non-hydrogen) atoms. The highest BCUT2D eigenvalue weighted by atomic mass is 17.0. The van der Waals surface area contributed by atoms with Crippen LogP contribution in [0.3, 0.4) is 0 Å². The van der Waals surface area contributed by atoms with Gasteiger partial charge < -0.3 is 19.8 Å². The van der Waals surface area contributed by atoms with Gasteiger partial charge in [0.2, 0.25) is 0 Å². The quantitative estimate of drug-likeness (QED) is 0.411. The van der Waals surface area contributed by atoms with Crippen molar-refractivity contribution in [1.82, 2.24) is 0 Å². The molecule has 2 radical (unpaired) electrons. The molecule has 0 saturated carbocycles. The fraction of sp³-hybridized carbons (Fsp3) is 0.833. The zero-order valence-electron chi connectivity index (χ0n) is 6.57. The molecule has 1 aliphatic rings. The first-order chi connectivity index (χ1) is 6.06. The van der Waals surface area contributed by atoms with E-state index in [1.165, 1.54) is 0 Å². The lowest BCUT2D eigenvalue weighted by atomic mass is 10.1. The SMILES string of the molecule is [CH][C@@H]1O[C@H](CO)[C@H](O)C1O[N+](=O)[O-]. The van der Waals surface area contributed by atoms with Gasteiger partial charge in [-0.1, -0.05) is 0 Å². The zero-order valence-corrected chi connectivity index (χ0v) is 6.57. The predicted octanol–water partition coefficient (Wildman–Crippen LogP) is -1.61. The van der Waals surface area contributed by atoms with E-state index in [4.69, 9.17) is 16.8 Å². The van der Waals surface area contributed by atoms with Crippen molar-refractivity contribution in [2.45, 2.75) is 24.4 Å². The first-order valence-electron chi connectivity index (χ1n) is 3.57. The molecule has 1 heterocycles. The Bertz CT molecular complexity index is 198. The molecule has 1 aliphatic heterocycles. The highest BCUT2D eigenvalue weighted by Crippen LogP contribution is 2.22. The summed E-state index contributed by atoms with van der Waals surface area (Å²) >= 11 is 0. The Balaban J connectivity index is 2.58. The van der Waals surface area contributed by atoms with Gasteiger partial charge in [-0.2, -0.15) is 0 Å². The first-order valence-corrected chi connectivity index (χ1v) is 3.57. The Morgan fingerprint density at radius 1 is 1.69 bits per heavy atom. The molecule has 1 rings (SSSR count). The van der Waals surface area contributed by atoms with Crippen molar-refractivity contribution in [2.75, 3.05) is 6.61 Å². The van der Waals surface area contributed by atoms with E-state index in [-0.39, 0.29) is 0 Å². The summed E-state index contributed by atoms with van der Waals surface area (Å²) < 4.78 is 4.78. The van der Waals surface area contributed by atoms with Crippen LogP contribution < -0.4 is 0 Å². The zero-order chi connectivity index (χ0) is 10.0. The summed E-state index contributed by atoms with van der Waals surface area (Å²) in [4.78, 5) is 14.0. The van der Waals surface area contributed by atoms with Gasteiger partial charge in [0.05, 0.1) is 12.7 Å². The minimum absolute atomic E-state index is 0.466. The molecule has 0 amide bonds. The molecule has 0 aromatic rings. The van der Waals surface area contributed by atoms with Crippen LogP contribution in [0.2, 0.25) is 0 Å². The van der Waals surface area contributed by atoms with Crippen molar-refractivity contribution < 1.29 is 24.9 Å². The lowest BCUT2D eigenvalue weighted by Gasteiger charge is -2.14. The minimum atomic E-state index is -1.29. The molecule has 0 aromatic carbocycles. The number of aliphatic hydroxyl groups excluding tert-OH is 2. The van der Waals surface area contributed by atoms with E-state index in [2.05, 4.69) is 4.84 Å². The molecule has 74 valence electrons. The second-order valence-electron chi connectivity index (χ2n) is 2.61. The maximum atomic E-state index is 9.94. The van der Waals surface area contributed by atoms with Crippen LogP contribution in [0, 0.1) is 17.0 Å². The molecule has 0 aromatic heterocycles. The van der Waals surface area contributed by atoms with Gasteiger partial charge in [0.1, 0.15) is 12.2 Å². The van der Waals surface area contributed by atoms with Crippen LogP contribution in [0.4, 0.5) is 0 Å². The number of hydrogen-bond acceptors (Lipinski definition) is 6. The average Bonchev–Trinajstić information content (AvgIpc) is 2.31. The van der Waals surface area contributed by atoms with E-state index >= 15 is 0 Å². The molecule has 2 N–H and O–H groups in total. The van der Waals surface area contributed by atoms with E-state index in [1.54, 1.807) is 0 Å². The first kappa shape index (κ1) is 10.2. The molecular weight excluding hydrogens is 182 g/mol. The molecular formula is C6H9NO6. The van der Waals surface area contributed by atoms with Crippen molar-refractivity contribution in [2.24, 2.45) is 0 Å². The third-order valence-corrected chi connectivity index (χ3v) is 1.76. The van der Waals surface area contributed by atoms with Crippen LogP contribution >= 0.6 is 0 Å². The summed E-state index contributed by atoms with van der Waals surface area (Å²) in [5, 5.41) is 26.8. The minimum Gasteiger partial charge on any atom is -0.394 e. The number of nitrogens with zero attached hydrogens (tertiary/aromatic N) is 1. The summed E-state index contributed by atoms with van der Waals surface area (Å²) in [7, 11) is 0. The lowest BCUT2D eigenvalue weighted by Crippen LogP contribution is -2.37. The van der Waals surface area contributed by atoms with E-state index in [0.717, 1.165) is 0 Å². The molecule has 1 fully saturated rings. The van der Waals surface area contributed by atoms with Crippen molar-refractivity contribution >= 4 is 0 Å². The van der Waals surface area contributed by atoms with Gasteiger partial charge in [-0.3, -0.25) is 0 Å². The maximum Gasteiger partial charge on any atom is 0.294 e. The van der Waals surface area contributed by atoms with Crippen LogP contribution in [0.1, 0.15) is 0 Å². The Labute approximate surface area is 74.0 Å². The van der Waals surface area contributed by atoms with Gasteiger partial charge in [-0.15, -0.1) is 10.1 Å². The fourth-order valence-electron chi connectivity index (χ4n) is 1.14. The molecule has 0 spiro atoms. The summed E-state index contributed by atoms with van der Waals surface area (Å²) in [6.45, 7) is 4.80. The molecule has 4 atom stereocenters. The maximum absolute atomic E-state index is 9.94.